The molecule has 1 saturated heterocycles. The highest BCUT2D eigenvalue weighted by atomic mass is 35.5. The lowest BCUT2D eigenvalue weighted by Crippen LogP contribution is -2.60. The van der Waals surface area contributed by atoms with E-state index in [1.807, 2.05) is 4.72 Å². The lowest BCUT2D eigenvalue weighted by molar-refractivity contribution is -0.270. The van der Waals surface area contributed by atoms with Gasteiger partial charge in [-0.2, -0.15) is 0 Å². The van der Waals surface area contributed by atoms with Crippen molar-refractivity contribution in [2.75, 3.05) is 33.8 Å². The minimum atomic E-state index is -4.89. The molecule has 8 amide bonds. The third-order valence-electron chi connectivity index (χ3n) is 22.0. The van der Waals surface area contributed by atoms with Crippen molar-refractivity contribution in [2.45, 2.75) is 155 Å². The van der Waals surface area contributed by atoms with E-state index in [2.05, 4.69) is 47.9 Å². The summed E-state index contributed by atoms with van der Waals surface area (Å²) in [6.45, 7) is 3.75. The summed E-state index contributed by atoms with van der Waals surface area (Å²) in [7, 11) is -1.74. The summed E-state index contributed by atoms with van der Waals surface area (Å²) in [6.07, 6.45) is -10.6. The highest BCUT2D eigenvalue weighted by Crippen LogP contribution is 2.55. The number of aliphatic hydroxyl groups is 5. The van der Waals surface area contributed by atoms with E-state index in [0.717, 1.165) is 105 Å². The number of ether oxygens (including phenoxy) is 5. The number of phenolic OH excluding ortho intramolecular Hbond substituents is 3. The fourth-order valence-electron chi connectivity index (χ4n) is 16.4. The summed E-state index contributed by atoms with van der Waals surface area (Å²) in [6, 6.07) is 4.33. The first-order valence-corrected chi connectivity index (χ1v) is 39.7. The van der Waals surface area contributed by atoms with Crippen molar-refractivity contribution >= 4 is 80.5 Å². The molecule has 0 unspecified atom stereocenters. The fourth-order valence-corrected chi connectivity index (χ4v) is 17.9. The number of amides is 8. The Bertz CT molecular complexity index is 4860. The molecule has 37 heteroatoms. The van der Waals surface area contributed by atoms with Gasteiger partial charge < -0.3 is 118 Å². The van der Waals surface area contributed by atoms with Crippen LogP contribution in [-0.2, 0) is 53.1 Å². The quantitative estimate of drug-likeness (QED) is 0.0549. The van der Waals surface area contributed by atoms with Crippen LogP contribution in [0.2, 0.25) is 10.0 Å². The molecule has 4 aliphatic carbocycles. The summed E-state index contributed by atoms with van der Waals surface area (Å²) in [5.41, 5.74) is 3.68. The summed E-state index contributed by atoms with van der Waals surface area (Å²) < 4.78 is 61.4. The second-order valence-electron chi connectivity index (χ2n) is 30.3. The van der Waals surface area contributed by atoms with Crippen LogP contribution < -0.4 is 77.3 Å². The molecule has 15 bridgehead atoms. The standard InChI is InChI=1S/C78H89Cl2N11O23S/c1-32(2)17-48(83-4)71(101)89-63-65(96)36-6-13-52(46(79)24-36)111-54-26-40-27-55(70(54)114-78-69(100)68(99)67(98)56(31-81)113-78)112-53-14-7-37(25-47(53)80)66(97)64-77(107)88-62(75(105)85-59-38-19-33-18-34(21-38)22-39(59)20-33)45-28-41(92)29-51(94)58(45)44-23-35(5-12-50(44)93)60(73(103)90-64)87-74(104)61(40)86-72(102)49(84-76(63)106)30-57(95)91-115(108,109)43-10-8-42(9-11-43)110-16-15-82-3/h5-14,23-29,32-34,38-39,48-49,56,59-69,78,82-83,92-94,96-100H,15-22,30-31,81H2,1-4H3,(H,84,106)(H,85,105)(H,86,102)(H,87,104)(H,88,107)(H,89,101)(H,90,103)(H,91,95)/t33?,34?,38?,39?,48-,49+,56-,59?,60-,61-,62+,63-,64+,65-,66-,67-,68+,69-,78+/m1/s1. The largest absolute Gasteiger partial charge is 0.508 e. The van der Waals surface area contributed by atoms with Gasteiger partial charge in [-0.3, -0.25) is 38.4 Å². The number of rotatable bonds is 18. The number of carbonyl (C=O) groups is 8. The molecule has 6 aromatic rings. The van der Waals surface area contributed by atoms with E-state index in [4.69, 9.17) is 52.6 Å². The number of halogens is 2. The molecule has 0 radical (unpaired) electrons. The smallest absolute Gasteiger partial charge is 0.264 e. The molecule has 20 N–H and O–H groups in total. The van der Waals surface area contributed by atoms with Crippen molar-refractivity contribution in [3.63, 3.8) is 0 Å². The Balaban J connectivity index is 1.000. The first kappa shape index (κ1) is 82.8. The molecule has 10 aliphatic rings. The van der Waals surface area contributed by atoms with Gasteiger partial charge >= 0.3 is 0 Å². The van der Waals surface area contributed by atoms with Crippen LogP contribution in [0.15, 0.2) is 108 Å². The predicted molar refractivity (Wildman–Crippen MR) is 408 cm³/mol. The molecule has 614 valence electrons. The maximum absolute atomic E-state index is 16.4. The minimum absolute atomic E-state index is 0.0609. The van der Waals surface area contributed by atoms with E-state index in [9.17, 15) is 58.9 Å². The van der Waals surface area contributed by atoms with Gasteiger partial charge in [0.25, 0.3) is 10.0 Å². The van der Waals surface area contributed by atoms with Crippen LogP contribution >= 0.6 is 23.2 Å². The van der Waals surface area contributed by atoms with Gasteiger partial charge in [0.2, 0.25) is 59.3 Å². The Kier molecular flexibility index (Phi) is 24.7. The maximum Gasteiger partial charge on any atom is 0.264 e. The molecular formula is C78H89Cl2N11O23S. The fraction of sp³-hybridized carbons (Fsp3) is 0.436. The maximum atomic E-state index is 16.4. The van der Waals surface area contributed by atoms with Crippen LogP contribution in [0.3, 0.4) is 0 Å². The molecule has 6 heterocycles. The molecule has 34 nitrogen and oxygen atoms in total. The van der Waals surface area contributed by atoms with Gasteiger partial charge in [-0.05, 0) is 189 Å². The second kappa shape index (κ2) is 34.3. The minimum Gasteiger partial charge on any atom is -0.508 e. The van der Waals surface area contributed by atoms with Crippen molar-refractivity contribution in [3.8, 4) is 62.9 Å². The van der Waals surface area contributed by atoms with E-state index < -0.39 is 205 Å². The van der Waals surface area contributed by atoms with E-state index >= 15 is 28.8 Å². The SMILES string of the molecule is CNCCOc1ccc(S(=O)(=O)NC(=O)C[C@@H]2NC(=O)[C@H](NC(=O)[C@@H](CC(C)C)NC)[C@H](O)c3ccc(c(Cl)c3)Oc3cc4cc(c3O[C@@H]3O[C@H](CN)[C@@H](O)[C@H](O)[C@H]3O)Oc3ccc(cc3Cl)[C@@H](O)[C@@H]3NC(=O)[C@H](NC(=O)[C@@H]4NC2=O)c2ccc(O)c(c2)-c2c(O)cc(O)cc2[C@@H](C(=O)NC2C4CC5CC(C4)CC2C5)NC3=O)cc1. The number of sulfonamides is 1. The zero-order chi connectivity index (χ0) is 82.3. The number of nitrogens with two attached hydrogens (primary N) is 1. The Morgan fingerprint density at radius 3 is 1.85 bits per heavy atom. The number of phenols is 3. The Labute approximate surface area is 668 Å². The summed E-state index contributed by atoms with van der Waals surface area (Å²) in [5, 5.41) is 118. The van der Waals surface area contributed by atoms with Gasteiger partial charge in [-0.15, -0.1) is 0 Å². The predicted octanol–water partition coefficient (Wildman–Crippen LogP) is 2.31. The Morgan fingerprint density at radius 1 is 0.635 bits per heavy atom. The number of nitrogens with one attached hydrogen (secondary N) is 10. The van der Waals surface area contributed by atoms with Gasteiger partial charge in [0.05, 0.1) is 27.4 Å². The number of hydrogen-bond donors (Lipinski definition) is 19. The number of likely N-dealkylation sites (N-methyl/N-ethyl adjacent to an activating group) is 2. The first-order chi connectivity index (χ1) is 54.8. The van der Waals surface area contributed by atoms with Gasteiger partial charge in [-0.25, -0.2) is 13.1 Å². The Hall–Kier alpha value is -10.2. The van der Waals surface area contributed by atoms with Gasteiger partial charge in [-0.1, -0.05) is 55.2 Å². The van der Waals surface area contributed by atoms with Crippen LogP contribution in [0, 0.1) is 29.6 Å². The van der Waals surface area contributed by atoms with E-state index in [1.54, 1.807) is 20.9 Å². The topological polar surface area (TPSA) is 525 Å². The number of aromatic hydroxyl groups is 3. The van der Waals surface area contributed by atoms with Gasteiger partial charge in [0.1, 0.15) is 114 Å². The normalized spacial score (nSPS) is 28.1. The summed E-state index contributed by atoms with van der Waals surface area (Å²) in [5.74, 6) is -13.8. The zero-order valence-electron chi connectivity index (χ0n) is 62.4. The van der Waals surface area contributed by atoms with Crippen LogP contribution in [0.1, 0.15) is 117 Å². The highest BCUT2D eigenvalue weighted by Gasteiger charge is 2.51. The molecule has 0 spiro atoms. The number of carbonyl (C=O) groups excluding carboxylic acids is 8. The molecular weight excluding hydrogens is 1560 g/mol. The molecule has 14 atom stereocenters. The molecule has 4 saturated carbocycles. The molecule has 5 fully saturated rings. The third kappa shape index (κ3) is 17.7. The van der Waals surface area contributed by atoms with E-state index in [0.29, 0.717) is 18.4 Å². The summed E-state index contributed by atoms with van der Waals surface area (Å²) in [4.78, 5) is 123. The molecule has 0 aromatic heterocycles. The van der Waals surface area contributed by atoms with Crippen molar-refractivity contribution in [2.24, 2.45) is 35.3 Å². The lowest BCUT2D eigenvalue weighted by atomic mass is 9.54. The van der Waals surface area contributed by atoms with E-state index in [-0.39, 0.29) is 92.5 Å². The van der Waals surface area contributed by atoms with Gasteiger partial charge in [0, 0.05) is 36.3 Å². The van der Waals surface area contributed by atoms with Crippen molar-refractivity contribution in [1.29, 1.82) is 0 Å². The van der Waals surface area contributed by atoms with Crippen molar-refractivity contribution in [3.05, 3.63) is 141 Å². The van der Waals surface area contributed by atoms with Gasteiger partial charge in [0.15, 0.2) is 11.5 Å². The van der Waals surface area contributed by atoms with E-state index in [1.165, 1.54) is 37.4 Å². The van der Waals surface area contributed by atoms with Crippen LogP contribution in [-0.4, -0.2) is 191 Å². The Morgan fingerprint density at radius 2 is 1.24 bits per heavy atom. The molecule has 16 rings (SSSR count). The number of benzene rings is 6. The lowest BCUT2D eigenvalue weighted by Gasteiger charge is -2.54. The van der Waals surface area contributed by atoms with Crippen LogP contribution in [0.4, 0.5) is 0 Å². The monoisotopic (exact) mass is 1650 g/mol. The van der Waals surface area contributed by atoms with Crippen LogP contribution in [0.5, 0.6) is 51.7 Å². The third-order valence-corrected chi connectivity index (χ3v) is 24.0. The summed E-state index contributed by atoms with van der Waals surface area (Å²) >= 11 is 14.2. The first-order valence-electron chi connectivity index (χ1n) is 37.5. The number of hydrogen-bond acceptors (Lipinski definition) is 26. The number of fused-ring (bicyclic) bond motifs is 15. The van der Waals surface area contributed by atoms with Crippen molar-refractivity contribution < 1.29 is 111 Å². The zero-order valence-corrected chi connectivity index (χ0v) is 64.7. The van der Waals surface area contributed by atoms with Crippen LogP contribution in [0.25, 0.3) is 11.1 Å². The molecule has 6 aliphatic heterocycles. The second-order valence-corrected chi connectivity index (χ2v) is 32.8. The van der Waals surface area contributed by atoms with Crippen molar-refractivity contribution in [1.82, 2.24) is 52.6 Å². The number of aliphatic hydroxyl groups excluding tert-OH is 5. The average molecular weight is 1650 g/mol. The average Bonchev–Trinajstić information content (AvgIpc) is 0.924. The molecule has 6 aromatic carbocycles. The molecule has 115 heavy (non-hydrogen) atoms. The highest BCUT2D eigenvalue weighted by molar-refractivity contribution is 7.90.